The summed E-state index contributed by atoms with van der Waals surface area (Å²) in [5.74, 6) is 0.0745. The molecule has 0 unspecified atom stereocenters. The molecule has 0 amide bonds. The van der Waals surface area contributed by atoms with Crippen molar-refractivity contribution in [3.8, 4) is 11.1 Å². The van der Waals surface area contributed by atoms with Crippen LogP contribution < -0.4 is 0 Å². The average Bonchev–Trinajstić information content (AvgIpc) is 3.20. The molecule has 0 bridgehead atoms. The molecule has 0 aliphatic carbocycles. The van der Waals surface area contributed by atoms with Crippen molar-refractivity contribution in [3.05, 3.63) is 59.4 Å². The Kier molecular flexibility index (Phi) is 6.05. The van der Waals surface area contributed by atoms with Crippen LogP contribution >= 0.6 is 11.6 Å². The van der Waals surface area contributed by atoms with E-state index >= 15 is 0 Å². The van der Waals surface area contributed by atoms with Gasteiger partial charge in [0.25, 0.3) is 0 Å². The number of Topliss-reactive ketones (excluding diaryl/α,β-unsaturated/α-hetero) is 1. The second-order valence-corrected chi connectivity index (χ2v) is 6.69. The number of imidazole rings is 1. The second-order valence-electron chi connectivity index (χ2n) is 6.30. The van der Waals surface area contributed by atoms with Crippen molar-refractivity contribution in [3.63, 3.8) is 0 Å². The Morgan fingerprint density at radius 2 is 1.86 bits per heavy atom. The van der Waals surface area contributed by atoms with E-state index in [-0.39, 0.29) is 5.78 Å². The van der Waals surface area contributed by atoms with E-state index in [4.69, 9.17) is 11.6 Å². The molecule has 4 aromatic heterocycles. The molecule has 144 valence electrons. The van der Waals surface area contributed by atoms with E-state index in [1.54, 1.807) is 18.6 Å². The fourth-order valence-corrected chi connectivity index (χ4v) is 3.36. The van der Waals surface area contributed by atoms with Crippen LogP contribution in [0.25, 0.3) is 27.7 Å². The lowest BCUT2D eigenvalue weighted by Crippen LogP contribution is -2.03. The molecule has 0 spiro atoms. The Hall–Kier alpha value is -2.79. The molecule has 28 heavy (non-hydrogen) atoms. The number of rotatable bonds is 4. The standard InChI is InChI=1S/C20H17ClN4O.C2H6/c1-3-4-18(26)16-7-12(2)15(11-23-16)14-8-13-10-24-19(21)9-17(13)25-6-5-22-20(14)25;1-2/h5-11H,3-4H2,1-2H3;1-2H3. The first-order valence-electron chi connectivity index (χ1n) is 9.50. The predicted molar refractivity (Wildman–Crippen MR) is 114 cm³/mol. The van der Waals surface area contributed by atoms with E-state index in [9.17, 15) is 4.79 Å². The van der Waals surface area contributed by atoms with Gasteiger partial charge in [-0.2, -0.15) is 0 Å². The minimum absolute atomic E-state index is 0.0745. The van der Waals surface area contributed by atoms with E-state index < -0.39 is 0 Å². The van der Waals surface area contributed by atoms with Gasteiger partial charge >= 0.3 is 0 Å². The number of nitrogens with zero attached hydrogens (tertiary/aromatic N) is 4. The van der Waals surface area contributed by atoms with Gasteiger partial charge in [0.2, 0.25) is 0 Å². The molecule has 5 nitrogen and oxygen atoms in total. The molecule has 0 saturated carbocycles. The van der Waals surface area contributed by atoms with Crippen LogP contribution in [0, 0.1) is 6.92 Å². The van der Waals surface area contributed by atoms with Gasteiger partial charge in [-0.3, -0.25) is 14.2 Å². The van der Waals surface area contributed by atoms with Gasteiger partial charge in [0.05, 0.1) is 5.52 Å². The summed E-state index contributed by atoms with van der Waals surface area (Å²) in [5.41, 5.74) is 5.17. The molecule has 0 saturated heterocycles. The number of carbonyl (C=O) groups is 1. The Morgan fingerprint density at radius 3 is 2.57 bits per heavy atom. The number of aromatic nitrogens is 4. The number of aryl methyl sites for hydroxylation is 1. The molecule has 4 rings (SSSR count). The summed E-state index contributed by atoms with van der Waals surface area (Å²) in [6.07, 6.45) is 8.50. The zero-order chi connectivity index (χ0) is 20.3. The van der Waals surface area contributed by atoms with Crippen molar-refractivity contribution in [2.75, 3.05) is 0 Å². The highest BCUT2D eigenvalue weighted by Crippen LogP contribution is 2.31. The second kappa shape index (κ2) is 8.48. The number of halogens is 1. The van der Waals surface area contributed by atoms with Crippen molar-refractivity contribution in [1.82, 2.24) is 19.4 Å². The number of hydrogen-bond donors (Lipinski definition) is 0. The number of pyridine rings is 3. The maximum Gasteiger partial charge on any atom is 0.181 e. The van der Waals surface area contributed by atoms with Crippen molar-refractivity contribution >= 4 is 33.9 Å². The first-order chi connectivity index (χ1) is 13.6. The topological polar surface area (TPSA) is 60.2 Å². The third-order valence-corrected chi connectivity index (χ3v) is 4.69. The minimum Gasteiger partial charge on any atom is -0.299 e. The molecule has 0 atom stereocenters. The van der Waals surface area contributed by atoms with Crippen LogP contribution in [0.2, 0.25) is 5.15 Å². The Bertz CT molecular complexity index is 1150. The third-order valence-electron chi connectivity index (χ3n) is 4.48. The summed E-state index contributed by atoms with van der Waals surface area (Å²) < 4.78 is 1.99. The summed E-state index contributed by atoms with van der Waals surface area (Å²) in [4.78, 5) is 25.2. The Labute approximate surface area is 169 Å². The van der Waals surface area contributed by atoms with E-state index in [2.05, 4.69) is 15.0 Å². The van der Waals surface area contributed by atoms with E-state index in [1.807, 2.05) is 56.5 Å². The number of hydrogen-bond acceptors (Lipinski definition) is 4. The lowest BCUT2D eigenvalue weighted by atomic mass is 10.0. The maximum atomic E-state index is 12.1. The van der Waals surface area contributed by atoms with Gasteiger partial charge < -0.3 is 0 Å². The van der Waals surface area contributed by atoms with Gasteiger partial charge in [-0.15, -0.1) is 0 Å². The summed E-state index contributed by atoms with van der Waals surface area (Å²) in [6.45, 7) is 7.98. The zero-order valence-corrected chi connectivity index (χ0v) is 17.3. The van der Waals surface area contributed by atoms with Gasteiger partial charge in [-0.05, 0) is 31.0 Å². The summed E-state index contributed by atoms with van der Waals surface area (Å²) in [5, 5.41) is 1.40. The van der Waals surface area contributed by atoms with Crippen LogP contribution in [-0.2, 0) is 0 Å². The third kappa shape index (κ3) is 3.62. The van der Waals surface area contributed by atoms with Crippen molar-refractivity contribution in [1.29, 1.82) is 0 Å². The minimum atomic E-state index is 0.0745. The normalized spacial score (nSPS) is 10.8. The molecule has 0 N–H and O–H groups in total. The van der Waals surface area contributed by atoms with Crippen molar-refractivity contribution < 1.29 is 4.79 Å². The molecular weight excluding hydrogens is 372 g/mol. The summed E-state index contributed by atoms with van der Waals surface area (Å²) in [6, 6.07) is 5.72. The van der Waals surface area contributed by atoms with Gasteiger partial charge in [-0.25, -0.2) is 9.97 Å². The van der Waals surface area contributed by atoms with Crippen LogP contribution in [0.15, 0.2) is 43.0 Å². The quantitative estimate of drug-likeness (QED) is 0.318. The molecule has 0 aromatic carbocycles. The SMILES string of the molecule is CC.CCCC(=O)c1cc(C)c(-c2cc3cnc(Cl)cc3n3ccnc23)cn1. The fourth-order valence-electron chi connectivity index (χ4n) is 3.21. The highest BCUT2D eigenvalue weighted by atomic mass is 35.5. The van der Waals surface area contributed by atoms with E-state index in [0.29, 0.717) is 17.3 Å². The van der Waals surface area contributed by atoms with Crippen LogP contribution in [-0.4, -0.2) is 25.1 Å². The average molecular weight is 395 g/mol. The molecule has 4 heterocycles. The van der Waals surface area contributed by atoms with Gasteiger partial charge in [0.15, 0.2) is 5.78 Å². The molecule has 4 aromatic rings. The van der Waals surface area contributed by atoms with Gasteiger partial charge in [0.1, 0.15) is 16.5 Å². The fraction of sp³-hybridized carbons (Fsp3) is 0.273. The first kappa shape index (κ1) is 20.0. The lowest BCUT2D eigenvalue weighted by Gasteiger charge is -2.11. The molecule has 0 aliphatic heterocycles. The smallest absolute Gasteiger partial charge is 0.181 e. The van der Waals surface area contributed by atoms with Crippen LogP contribution in [0.1, 0.15) is 49.7 Å². The molecule has 6 heteroatoms. The summed E-state index contributed by atoms with van der Waals surface area (Å²) in [7, 11) is 0. The monoisotopic (exact) mass is 394 g/mol. The Morgan fingerprint density at radius 1 is 1.07 bits per heavy atom. The molecule has 0 fully saturated rings. The van der Waals surface area contributed by atoms with Crippen molar-refractivity contribution in [2.45, 2.75) is 40.5 Å². The molecule has 0 aliphatic rings. The van der Waals surface area contributed by atoms with Crippen molar-refractivity contribution in [2.24, 2.45) is 0 Å². The number of ketones is 1. The Balaban J connectivity index is 0.00000109. The predicted octanol–water partition coefficient (Wildman–Crippen LogP) is 5.92. The molecule has 0 radical (unpaired) electrons. The lowest BCUT2D eigenvalue weighted by molar-refractivity contribution is 0.0977. The van der Waals surface area contributed by atoms with Crippen LogP contribution in [0.5, 0.6) is 0 Å². The highest BCUT2D eigenvalue weighted by molar-refractivity contribution is 6.30. The van der Waals surface area contributed by atoms with E-state index in [0.717, 1.165) is 39.7 Å². The van der Waals surface area contributed by atoms with E-state index in [1.165, 1.54) is 0 Å². The zero-order valence-electron chi connectivity index (χ0n) is 16.5. The van der Waals surface area contributed by atoms with Crippen LogP contribution in [0.4, 0.5) is 0 Å². The maximum absolute atomic E-state index is 12.1. The van der Waals surface area contributed by atoms with Gasteiger partial charge in [0, 0.05) is 53.8 Å². The largest absolute Gasteiger partial charge is 0.299 e. The summed E-state index contributed by atoms with van der Waals surface area (Å²) >= 11 is 6.05. The van der Waals surface area contributed by atoms with Crippen LogP contribution in [0.3, 0.4) is 0 Å². The first-order valence-corrected chi connectivity index (χ1v) is 9.88. The number of carbonyl (C=O) groups excluding carboxylic acids is 1. The number of fused-ring (bicyclic) bond motifs is 3. The molecular formula is C22H23ClN4O. The van der Waals surface area contributed by atoms with Gasteiger partial charge in [-0.1, -0.05) is 32.4 Å². The highest BCUT2D eigenvalue weighted by Gasteiger charge is 2.15.